The Morgan fingerprint density at radius 3 is 2.55 bits per heavy atom. The topological polar surface area (TPSA) is 69.7 Å². The summed E-state index contributed by atoms with van der Waals surface area (Å²) in [5.41, 5.74) is 3.98. The van der Waals surface area contributed by atoms with Crippen LogP contribution in [0.2, 0.25) is 0 Å². The largest absolute Gasteiger partial charge is 0.322 e. The highest BCUT2D eigenvalue weighted by atomic mass is 32.2. The number of anilines is 2. The van der Waals surface area contributed by atoms with Gasteiger partial charge in [0.1, 0.15) is 0 Å². The minimum Gasteiger partial charge on any atom is -0.322 e. The molecule has 6 nitrogen and oxygen atoms in total. The number of rotatable bonds is 7. The predicted molar refractivity (Wildman–Crippen MR) is 118 cm³/mol. The van der Waals surface area contributed by atoms with Crippen LogP contribution >= 0.6 is 0 Å². The molecule has 0 fully saturated rings. The monoisotopic (exact) mass is 415 g/mol. The van der Waals surface area contributed by atoms with E-state index in [2.05, 4.69) is 30.1 Å². The molecule has 0 radical (unpaired) electrons. The molecule has 1 aliphatic heterocycles. The highest BCUT2D eigenvalue weighted by Gasteiger charge is 2.32. The second-order valence-corrected chi connectivity index (χ2v) is 9.43. The van der Waals surface area contributed by atoms with E-state index < -0.39 is 10.0 Å². The molecule has 2 aromatic carbocycles. The van der Waals surface area contributed by atoms with Gasteiger partial charge in [0.05, 0.1) is 11.9 Å². The average Bonchev–Trinajstić information content (AvgIpc) is 3.01. The lowest BCUT2D eigenvalue weighted by molar-refractivity contribution is 0.102. The van der Waals surface area contributed by atoms with Gasteiger partial charge < -0.3 is 5.32 Å². The van der Waals surface area contributed by atoms with Crippen LogP contribution in [0.4, 0.5) is 11.4 Å². The van der Waals surface area contributed by atoms with Gasteiger partial charge in [-0.15, -0.1) is 0 Å². The first-order chi connectivity index (χ1) is 13.7. The number of nitrogens with one attached hydrogen (secondary N) is 1. The van der Waals surface area contributed by atoms with E-state index in [4.69, 9.17) is 0 Å². The first kappa shape index (κ1) is 21.3. The molecular weight excluding hydrogens is 386 g/mol. The van der Waals surface area contributed by atoms with E-state index in [0.29, 0.717) is 17.7 Å². The number of hydrogen-bond acceptors (Lipinski definition) is 4. The molecule has 1 amide bonds. The molecular formula is C22H29N3O3S. The number of carbonyl (C=O) groups is 1. The molecule has 1 heterocycles. The van der Waals surface area contributed by atoms with E-state index in [1.165, 1.54) is 10.6 Å². The highest BCUT2D eigenvalue weighted by molar-refractivity contribution is 7.92. The fourth-order valence-corrected chi connectivity index (χ4v) is 5.17. The van der Waals surface area contributed by atoms with E-state index in [0.717, 1.165) is 36.4 Å². The molecule has 0 spiro atoms. The summed E-state index contributed by atoms with van der Waals surface area (Å²) in [6.45, 7) is 8.94. The van der Waals surface area contributed by atoms with Crippen LogP contribution < -0.4 is 9.62 Å². The summed E-state index contributed by atoms with van der Waals surface area (Å²) < 4.78 is 25.6. The van der Waals surface area contributed by atoms with Gasteiger partial charge in [0.25, 0.3) is 5.91 Å². The van der Waals surface area contributed by atoms with E-state index in [1.54, 1.807) is 18.2 Å². The lowest BCUT2D eigenvalue weighted by atomic mass is 10.1. The van der Waals surface area contributed by atoms with Crippen molar-refractivity contribution in [1.29, 1.82) is 0 Å². The van der Waals surface area contributed by atoms with Crippen molar-refractivity contribution in [1.82, 2.24) is 4.90 Å². The van der Waals surface area contributed by atoms with Crippen LogP contribution in [0.3, 0.4) is 0 Å². The third-order valence-corrected chi connectivity index (χ3v) is 6.61. The molecule has 2 aromatic rings. The molecule has 1 unspecified atom stereocenters. The first-order valence-electron chi connectivity index (χ1n) is 9.98. The van der Waals surface area contributed by atoms with Crippen molar-refractivity contribution in [3.05, 3.63) is 59.2 Å². The quantitative estimate of drug-likeness (QED) is 0.752. The summed E-state index contributed by atoms with van der Waals surface area (Å²) in [7, 11) is -3.34. The minimum atomic E-state index is -3.34. The highest BCUT2D eigenvalue weighted by Crippen LogP contribution is 2.34. The first-order valence-corrected chi connectivity index (χ1v) is 11.8. The zero-order valence-electron chi connectivity index (χ0n) is 17.5. The maximum Gasteiger partial charge on any atom is 0.255 e. The fraction of sp³-hybridized carbons (Fsp3) is 0.409. The molecule has 0 aliphatic carbocycles. The van der Waals surface area contributed by atoms with Gasteiger partial charge in [-0.2, -0.15) is 0 Å². The third-order valence-electron chi connectivity index (χ3n) is 5.34. The summed E-state index contributed by atoms with van der Waals surface area (Å²) >= 11 is 0. The zero-order valence-corrected chi connectivity index (χ0v) is 18.3. The van der Waals surface area contributed by atoms with Gasteiger partial charge in [0.15, 0.2) is 0 Å². The van der Waals surface area contributed by atoms with Crippen molar-refractivity contribution in [2.75, 3.05) is 29.0 Å². The Balaban J connectivity index is 1.77. The Morgan fingerprint density at radius 1 is 1.17 bits per heavy atom. The minimum absolute atomic E-state index is 0.143. The number of hydrogen-bond donors (Lipinski definition) is 1. The summed E-state index contributed by atoms with van der Waals surface area (Å²) in [5, 5.41) is 2.96. The molecule has 1 N–H and O–H groups in total. The van der Waals surface area contributed by atoms with E-state index >= 15 is 0 Å². The molecule has 3 rings (SSSR count). The molecule has 1 atom stereocenters. The number of nitrogens with zero attached hydrogens (tertiary/aromatic N) is 2. The lowest BCUT2D eigenvalue weighted by Gasteiger charge is -2.21. The summed E-state index contributed by atoms with van der Waals surface area (Å²) in [6.07, 6.45) is 1.81. The summed E-state index contributed by atoms with van der Waals surface area (Å²) in [4.78, 5) is 15.1. The van der Waals surface area contributed by atoms with Crippen LogP contribution in [-0.2, 0) is 23.0 Å². The Morgan fingerprint density at radius 2 is 1.90 bits per heavy atom. The maximum absolute atomic E-state index is 12.8. The lowest BCUT2D eigenvalue weighted by Crippen LogP contribution is -2.34. The van der Waals surface area contributed by atoms with Crippen molar-refractivity contribution in [3.63, 3.8) is 0 Å². The predicted octanol–water partition coefficient (Wildman–Crippen LogP) is 3.49. The van der Waals surface area contributed by atoms with Gasteiger partial charge in [0, 0.05) is 23.8 Å². The fourth-order valence-electron chi connectivity index (χ4n) is 3.91. The second kappa shape index (κ2) is 8.55. The van der Waals surface area contributed by atoms with Crippen LogP contribution in [0.15, 0.2) is 42.5 Å². The van der Waals surface area contributed by atoms with Gasteiger partial charge >= 0.3 is 0 Å². The molecule has 29 heavy (non-hydrogen) atoms. The van der Waals surface area contributed by atoms with Gasteiger partial charge in [-0.25, -0.2) is 8.42 Å². The number of carbonyl (C=O) groups excluding carboxylic acids is 1. The molecule has 1 aliphatic rings. The Labute approximate surface area is 173 Å². The van der Waals surface area contributed by atoms with Crippen molar-refractivity contribution in [2.45, 2.75) is 39.8 Å². The summed E-state index contributed by atoms with van der Waals surface area (Å²) in [5.74, 6) is -0.196. The molecule has 7 heteroatoms. The van der Waals surface area contributed by atoms with Crippen LogP contribution in [0.5, 0.6) is 0 Å². The normalized spacial score (nSPS) is 16.2. The SMILES string of the molecule is CCN(CC)Cc1cccc(NC(=O)c2ccc3c(c2)CC(C)N3S(C)(=O)=O)c1. The van der Waals surface area contributed by atoms with Crippen LogP contribution in [0.25, 0.3) is 0 Å². The van der Waals surface area contributed by atoms with E-state index in [1.807, 2.05) is 25.1 Å². The van der Waals surface area contributed by atoms with E-state index in [-0.39, 0.29) is 11.9 Å². The molecule has 0 aromatic heterocycles. The van der Waals surface area contributed by atoms with Crippen LogP contribution in [0, 0.1) is 0 Å². The Kier molecular flexibility index (Phi) is 6.29. The maximum atomic E-state index is 12.8. The summed E-state index contributed by atoms with van der Waals surface area (Å²) in [6, 6.07) is 13.0. The molecule has 0 saturated carbocycles. The standard InChI is InChI=1S/C22H29N3O3S/c1-5-24(6-2)15-17-8-7-9-20(13-17)23-22(26)18-10-11-21-19(14-18)12-16(3)25(21)29(4,27)28/h7-11,13-14,16H,5-6,12,15H2,1-4H3,(H,23,26). The zero-order chi connectivity index (χ0) is 21.2. The number of benzene rings is 2. The molecule has 0 bridgehead atoms. The van der Waals surface area contributed by atoms with Gasteiger partial charge in [0.2, 0.25) is 10.0 Å². The van der Waals surface area contributed by atoms with Gasteiger partial charge in [-0.1, -0.05) is 26.0 Å². The van der Waals surface area contributed by atoms with Crippen molar-refractivity contribution in [2.24, 2.45) is 0 Å². The number of amides is 1. The number of sulfonamides is 1. The van der Waals surface area contributed by atoms with Gasteiger partial charge in [-0.05, 0) is 67.9 Å². The Hall–Kier alpha value is -2.38. The van der Waals surface area contributed by atoms with Crippen molar-refractivity contribution in [3.8, 4) is 0 Å². The third kappa shape index (κ3) is 4.79. The molecule has 156 valence electrons. The second-order valence-electron chi connectivity index (χ2n) is 7.57. The van der Waals surface area contributed by atoms with Crippen molar-refractivity contribution < 1.29 is 13.2 Å². The number of fused-ring (bicyclic) bond motifs is 1. The van der Waals surface area contributed by atoms with Crippen molar-refractivity contribution >= 4 is 27.3 Å². The average molecular weight is 416 g/mol. The Bertz CT molecular complexity index is 1000. The van der Waals surface area contributed by atoms with Crippen LogP contribution in [0.1, 0.15) is 42.3 Å². The van der Waals surface area contributed by atoms with Gasteiger partial charge in [-0.3, -0.25) is 14.0 Å². The smallest absolute Gasteiger partial charge is 0.255 e. The van der Waals surface area contributed by atoms with Crippen LogP contribution in [-0.4, -0.2) is 44.6 Å². The molecule has 0 saturated heterocycles. The van der Waals surface area contributed by atoms with E-state index in [9.17, 15) is 13.2 Å².